The molecule has 0 bridgehead atoms. The molecule has 3 rings (SSSR count). The molecule has 0 aromatic carbocycles. The monoisotopic (exact) mass is 368 g/mol. The molecule has 8 heteroatoms. The molecule has 0 spiro atoms. The van der Waals surface area contributed by atoms with Gasteiger partial charge in [0.2, 0.25) is 0 Å². The predicted molar refractivity (Wildman–Crippen MR) is 102 cm³/mol. The van der Waals surface area contributed by atoms with Crippen LogP contribution in [0.2, 0.25) is 0 Å². The molecule has 27 heavy (non-hydrogen) atoms. The van der Waals surface area contributed by atoms with Crippen LogP contribution in [0.1, 0.15) is 42.8 Å². The first-order valence-electron chi connectivity index (χ1n) is 8.97. The zero-order valence-electron chi connectivity index (χ0n) is 15.8. The second-order valence-corrected chi connectivity index (χ2v) is 7.10. The Kier molecular flexibility index (Phi) is 5.34. The van der Waals surface area contributed by atoms with Crippen LogP contribution in [0.3, 0.4) is 0 Å². The number of nitrogen functional groups attached to an aromatic ring is 1. The van der Waals surface area contributed by atoms with Crippen LogP contribution in [0.4, 0.5) is 11.5 Å². The highest BCUT2D eigenvalue weighted by molar-refractivity contribution is 6.39. The smallest absolute Gasteiger partial charge is 0.313 e. The molecule has 1 fully saturated rings. The van der Waals surface area contributed by atoms with Crippen molar-refractivity contribution in [2.24, 2.45) is 5.92 Å². The van der Waals surface area contributed by atoms with E-state index in [-0.39, 0.29) is 6.04 Å². The molecule has 8 nitrogen and oxygen atoms in total. The molecule has 1 saturated heterocycles. The van der Waals surface area contributed by atoms with Gasteiger partial charge < -0.3 is 16.0 Å². The molecule has 2 amide bonds. The molecule has 2 aromatic rings. The molecule has 2 aromatic heterocycles. The van der Waals surface area contributed by atoms with E-state index in [9.17, 15) is 9.59 Å². The number of likely N-dealkylation sites (tertiary alicyclic amines) is 1. The van der Waals surface area contributed by atoms with E-state index in [4.69, 9.17) is 5.73 Å². The van der Waals surface area contributed by atoms with Crippen molar-refractivity contribution in [2.75, 3.05) is 17.6 Å². The summed E-state index contributed by atoms with van der Waals surface area (Å²) < 4.78 is 0. The van der Waals surface area contributed by atoms with E-state index in [0.717, 1.165) is 24.0 Å². The van der Waals surface area contributed by atoms with Gasteiger partial charge in [-0.1, -0.05) is 6.92 Å². The van der Waals surface area contributed by atoms with Crippen LogP contribution in [-0.4, -0.2) is 38.2 Å². The first kappa shape index (κ1) is 18.8. The highest BCUT2D eigenvalue weighted by atomic mass is 16.2. The zero-order chi connectivity index (χ0) is 19.6. The topological polar surface area (TPSA) is 114 Å². The van der Waals surface area contributed by atoms with Crippen LogP contribution in [0.25, 0.3) is 0 Å². The summed E-state index contributed by atoms with van der Waals surface area (Å²) in [5.41, 5.74) is 7.72. The summed E-state index contributed by atoms with van der Waals surface area (Å²) in [7, 11) is 0. The van der Waals surface area contributed by atoms with Gasteiger partial charge in [-0.2, -0.15) is 0 Å². The molecular formula is C19H24N6O2. The predicted octanol–water partition coefficient (Wildman–Crippen LogP) is 2.01. The summed E-state index contributed by atoms with van der Waals surface area (Å²) >= 11 is 0. The number of anilines is 2. The van der Waals surface area contributed by atoms with Gasteiger partial charge in [0.25, 0.3) is 0 Å². The van der Waals surface area contributed by atoms with Crippen LogP contribution < -0.4 is 11.1 Å². The number of nitrogens with zero attached hydrogens (tertiary/aromatic N) is 4. The SMILES string of the molecule is Cc1ncc([C@H]2CC[C@H](C)CN2C(=O)C(=O)Nc2cnc(N)c(C)c2)cn1. The van der Waals surface area contributed by atoms with E-state index >= 15 is 0 Å². The third-order valence-corrected chi connectivity index (χ3v) is 4.83. The van der Waals surface area contributed by atoms with Gasteiger partial charge in [-0.3, -0.25) is 9.59 Å². The van der Waals surface area contributed by atoms with Gasteiger partial charge in [0, 0.05) is 24.5 Å². The molecule has 3 N–H and O–H groups in total. The van der Waals surface area contributed by atoms with Gasteiger partial charge in [0.05, 0.1) is 17.9 Å². The van der Waals surface area contributed by atoms with Crippen molar-refractivity contribution in [3.05, 3.63) is 41.6 Å². The number of nitrogens with one attached hydrogen (secondary N) is 1. The van der Waals surface area contributed by atoms with Gasteiger partial charge >= 0.3 is 11.8 Å². The van der Waals surface area contributed by atoms with Gasteiger partial charge in [-0.25, -0.2) is 15.0 Å². The Morgan fingerprint density at radius 2 is 1.85 bits per heavy atom. The lowest BCUT2D eigenvalue weighted by Gasteiger charge is -2.38. The number of hydrogen-bond acceptors (Lipinski definition) is 6. The summed E-state index contributed by atoms with van der Waals surface area (Å²) in [5.74, 6) is 0.132. The van der Waals surface area contributed by atoms with E-state index in [2.05, 4.69) is 27.2 Å². The van der Waals surface area contributed by atoms with Gasteiger partial charge in [-0.05, 0) is 44.2 Å². The number of rotatable bonds is 2. The summed E-state index contributed by atoms with van der Waals surface area (Å²) in [6, 6.07) is 1.49. The number of pyridine rings is 1. The number of carbonyl (C=O) groups is 2. The number of piperidine rings is 1. The van der Waals surface area contributed by atoms with Crippen molar-refractivity contribution in [1.29, 1.82) is 0 Å². The average Bonchev–Trinajstić information content (AvgIpc) is 2.65. The minimum absolute atomic E-state index is 0.202. The Balaban J connectivity index is 1.79. The van der Waals surface area contributed by atoms with Crippen molar-refractivity contribution in [3.63, 3.8) is 0 Å². The highest BCUT2D eigenvalue weighted by Gasteiger charge is 2.34. The fraction of sp³-hybridized carbons (Fsp3) is 0.421. The molecular weight excluding hydrogens is 344 g/mol. The fourth-order valence-electron chi connectivity index (χ4n) is 3.27. The normalized spacial score (nSPS) is 19.6. The Morgan fingerprint density at radius 3 is 2.52 bits per heavy atom. The Labute approximate surface area is 158 Å². The average molecular weight is 368 g/mol. The highest BCUT2D eigenvalue weighted by Crippen LogP contribution is 2.33. The minimum Gasteiger partial charge on any atom is -0.383 e. The third-order valence-electron chi connectivity index (χ3n) is 4.83. The maximum atomic E-state index is 12.9. The van der Waals surface area contributed by atoms with Crippen LogP contribution in [0, 0.1) is 19.8 Å². The standard InChI is InChI=1S/C19H24N6O2/c1-11-4-5-16(14-7-21-13(3)22-8-14)25(10-11)19(27)18(26)24-15-6-12(2)17(20)23-9-15/h6-9,11,16H,4-5,10H2,1-3H3,(H2,20,23)(H,24,26)/t11-,16+/m0/s1. The lowest BCUT2D eigenvalue weighted by molar-refractivity contribution is -0.146. The Morgan fingerprint density at radius 1 is 1.15 bits per heavy atom. The molecule has 1 aliphatic heterocycles. The molecule has 0 unspecified atom stereocenters. The summed E-state index contributed by atoms with van der Waals surface area (Å²) in [6.07, 6.45) is 6.65. The van der Waals surface area contributed by atoms with Crippen LogP contribution in [0.5, 0.6) is 0 Å². The van der Waals surface area contributed by atoms with Crippen LogP contribution in [-0.2, 0) is 9.59 Å². The number of amides is 2. The molecule has 0 saturated carbocycles. The molecule has 142 valence electrons. The van der Waals surface area contributed by atoms with E-state index in [1.54, 1.807) is 30.3 Å². The summed E-state index contributed by atoms with van der Waals surface area (Å²) in [4.78, 5) is 39.5. The number of hydrogen-bond donors (Lipinski definition) is 2. The lowest BCUT2D eigenvalue weighted by atomic mass is 9.91. The Hall–Kier alpha value is -3.03. The molecule has 0 radical (unpaired) electrons. The number of carbonyl (C=O) groups excluding carboxylic acids is 2. The summed E-state index contributed by atoms with van der Waals surface area (Å²) in [5, 5.41) is 2.62. The number of aryl methyl sites for hydroxylation is 2. The number of nitrogens with two attached hydrogens (primary N) is 1. The second-order valence-electron chi connectivity index (χ2n) is 7.10. The zero-order valence-corrected chi connectivity index (χ0v) is 15.8. The van der Waals surface area contributed by atoms with E-state index < -0.39 is 11.8 Å². The quantitative estimate of drug-likeness (QED) is 0.784. The summed E-state index contributed by atoms with van der Waals surface area (Å²) in [6.45, 7) is 6.20. The van der Waals surface area contributed by atoms with E-state index in [0.29, 0.717) is 29.8 Å². The van der Waals surface area contributed by atoms with Crippen molar-refractivity contribution < 1.29 is 9.59 Å². The van der Waals surface area contributed by atoms with Crippen LogP contribution in [0.15, 0.2) is 24.7 Å². The first-order chi connectivity index (χ1) is 12.8. The van der Waals surface area contributed by atoms with Crippen molar-refractivity contribution >= 4 is 23.3 Å². The third kappa shape index (κ3) is 4.21. The van der Waals surface area contributed by atoms with Crippen LogP contribution >= 0.6 is 0 Å². The van der Waals surface area contributed by atoms with Crippen molar-refractivity contribution in [2.45, 2.75) is 39.7 Å². The lowest BCUT2D eigenvalue weighted by Crippen LogP contribution is -2.46. The molecule has 2 atom stereocenters. The van der Waals surface area contributed by atoms with Gasteiger partial charge in [-0.15, -0.1) is 0 Å². The largest absolute Gasteiger partial charge is 0.383 e. The van der Waals surface area contributed by atoms with Gasteiger partial charge in [0.1, 0.15) is 11.6 Å². The molecule has 3 heterocycles. The van der Waals surface area contributed by atoms with Gasteiger partial charge in [0.15, 0.2) is 0 Å². The van der Waals surface area contributed by atoms with Crippen molar-refractivity contribution in [3.8, 4) is 0 Å². The Bertz CT molecular complexity index is 852. The number of aromatic nitrogens is 3. The molecule has 1 aliphatic rings. The maximum Gasteiger partial charge on any atom is 0.313 e. The molecule has 0 aliphatic carbocycles. The minimum atomic E-state index is -0.687. The second kappa shape index (κ2) is 7.69. The fourth-order valence-corrected chi connectivity index (χ4v) is 3.27. The van der Waals surface area contributed by atoms with E-state index in [1.807, 2.05) is 6.92 Å². The van der Waals surface area contributed by atoms with Crippen molar-refractivity contribution in [1.82, 2.24) is 19.9 Å². The van der Waals surface area contributed by atoms with E-state index in [1.165, 1.54) is 6.20 Å². The maximum absolute atomic E-state index is 12.9. The first-order valence-corrected chi connectivity index (χ1v) is 8.97.